The SMILES string of the molecule is CCN(CCC(N)=NO)C(C)=O. The average molecular weight is 173 g/mol. The summed E-state index contributed by atoms with van der Waals surface area (Å²) in [5.74, 6) is 0.151. The van der Waals surface area contributed by atoms with Crippen LogP contribution in [0.1, 0.15) is 20.3 Å². The lowest BCUT2D eigenvalue weighted by atomic mass is 10.3. The van der Waals surface area contributed by atoms with Gasteiger partial charge in [0.15, 0.2) is 0 Å². The number of hydrogen-bond acceptors (Lipinski definition) is 3. The van der Waals surface area contributed by atoms with E-state index in [4.69, 9.17) is 10.9 Å². The number of carbonyl (C=O) groups excluding carboxylic acids is 1. The van der Waals surface area contributed by atoms with E-state index in [1.165, 1.54) is 6.92 Å². The summed E-state index contributed by atoms with van der Waals surface area (Å²) < 4.78 is 0. The van der Waals surface area contributed by atoms with Crippen molar-refractivity contribution >= 4 is 11.7 Å². The molecule has 5 heteroatoms. The number of hydrogen-bond donors (Lipinski definition) is 2. The van der Waals surface area contributed by atoms with Gasteiger partial charge in [0.25, 0.3) is 0 Å². The van der Waals surface area contributed by atoms with E-state index in [1.54, 1.807) is 4.90 Å². The minimum atomic E-state index is 0.00300. The molecule has 0 aliphatic heterocycles. The average Bonchev–Trinajstić information content (AvgIpc) is 2.04. The van der Waals surface area contributed by atoms with Crippen LogP contribution in [0.3, 0.4) is 0 Å². The number of carbonyl (C=O) groups is 1. The molecular weight excluding hydrogens is 158 g/mol. The third kappa shape index (κ3) is 3.80. The molecular formula is C7H15N3O2. The molecule has 0 rings (SSSR count). The molecule has 0 saturated carbocycles. The number of rotatable bonds is 4. The summed E-state index contributed by atoms with van der Waals surface area (Å²) in [6, 6.07) is 0. The molecule has 12 heavy (non-hydrogen) atoms. The highest BCUT2D eigenvalue weighted by atomic mass is 16.4. The summed E-state index contributed by atoms with van der Waals surface area (Å²) in [4.78, 5) is 12.5. The van der Waals surface area contributed by atoms with E-state index in [9.17, 15) is 4.79 Å². The molecule has 3 N–H and O–H groups in total. The molecule has 0 aliphatic rings. The summed E-state index contributed by atoms with van der Waals surface area (Å²) in [7, 11) is 0. The molecule has 0 heterocycles. The van der Waals surface area contributed by atoms with Crippen LogP contribution in [0, 0.1) is 0 Å². The quantitative estimate of drug-likeness (QED) is 0.271. The number of amides is 1. The first-order valence-corrected chi connectivity index (χ1v) is 3.83. The van der Waals surface area contributed by atoms with E-state index < -0.39 is 0 Å². The highest BCUT2D eigenvalue weighted by molar-refractivity contribution is 5.80. The monoisotopic (exact) mass is 173 g/mol. The highest BCUT2D eigenvalue weighted by Crippen LogP contribution is 1.91. The van der Waals surface area contributed by atoms with Crippen molar-refractivity contribution < 1.29 is 10.0 Å². The van der Waals surface area contributed by atoms with Crippen LogP contribution in [0.4, 0.5) is 0 Å². The van der Waals surface area contributed by atoms with Crippen LogP contribution in [-0.2, 0) is 4.79 Å². The van der Waals surface area contributed by atoms with Crippen LogP contribution in [-0.4, -0.2) is 34.9 Å². The van der Waals surface area contributed by atoms with E-state index in [0.29, 0.717) is 19.5 Å². The van der Waals surface area contributed by atoms with Crippen molar-refractivity contribution in [3.8, 4) is 0 Å². The molecule has 0 radical (unpaired) electrons. The maximum absolute atomic E-state index is 10.9. The van der Waals surface area contributed by atoms with Gasteiger partial charge in [-0.15, -0.1) is 0 Å². The molecule has 0 fully saturated rings. The molecule has 0 aromatic rings. The van der Waals surface area contributed by atoms with Crippen LogP contribution in [0.25, 0.3) is 0 Å². The second-order valence-corrected chi connectivity index (χ2v) is 2.44. The summed E-state index contributed by atoms with van der Waals surface area (Å²) in [6.07, 6.45) is 0.407. The lowest BCUT2D eigenvalue weighted by molar-refractivity contribution is -0.128. The van der Waals surface area contributed by atoms with Gasteiger partial charge >= 0.3 is 0 Å². The topological polar surface area (TPSA) is 78.9 Å². The minimum Gasteiger partial charge on any atom is -0.409 e. The molecule has 0 unspecified atom stereocenters. The van der Waals surface area contributed by atoms with Crippen molar-refractivity contribution in [1.82, 2.24) is 4.90 Å². The van der Waals surface area contributed by atoms with Gasteiger partial charge < -0.3 is 15.8 Å². The molecule has 0 aromatic heterocycles. The lowest BCUT2D eigenvalue weighted by Gasteiger charge is -2.17. The zero-order valence-electron chi connectivity index (χ0n) is 7.45. The van der Waals surface area contributed by atoms with Gasteiger partial charge in [0.2, 0.25) is 5.91 Å². The van der Waals surface area contributed by atoms with Gasteiger partial charge in [0.05, 0.1) is 0 Å². The minimum absolute atomic E-state index is 0.00300. The van der Waals surface area contributed by atoms with Gasteiger partial charge in [0, 0.05) is 26.4 Å². The Bertz CT molecular complexity index is 179. The Kier molecular flexibility index (Phi) is 4.83. The molecule has 0 aliphatic carbocycles. The van der Waals surface area contributed by atoms with Crippen molar-refractivity contribution in [2.45, 2.75) is 20.3 Å². The smallest absolute Gasteiger partial charge is 0.219 e. The maximum Gasteiger partial charge on any atom is 0.219 e. The Hall–Kier alpha value is -1.26. The van der Waals surface area contributed by atoms with Gasteiger partial charge in [0.1, 0.15) is 5.84 Å². The summed E-state index contributed by atoms with van der Waals surface area (Å²) in [5, 5.41) is 11.0. The van der Waals surface area contributed by atoms with Gasteiger partial charge in [-0.2, -0.15) is 0 Å². The molecule has 1 amide bonds. The van der Waals surface area contributed by atoms with E-state index in [-0.39, 0.29) is 11.7 Å². The second kappa shape index (κ2) is 5.40. The number of amidine groups is 1. The fourth-order valence-corrected chi connectivity index (χ4v) is 0.838. The molecule has 0 atom stereocenters. The lowest BCUT2D eigenvalue weighted by Crippen LogP contribution is -2.31. The second-order valence-electron chi connectivity index (χ2n) is 2.44. The van der Waals surface area contributed by atoms with E-state index >= 15 is 0 Å². The predicted octanol–water partition coefficient (Wildman–Crippen LogP) is -0.00870. The van der Waals surface area contributed by atoms with Crippen LogP contribution in [0.5, 0.6) is 0 Å². The van der Waals surface area contributed by atoms with E-state index in [2.05, 4.69) is 5.16 Å². The van der Waals surface area contributed by atoms with Gasteiger partial charge in [-0.1, -0.05) is 5.16 Å². The van der Waals surface area contributed by atoms with E-state index in [0.717, 1.165) is 0 Å². The fraction of sp³-hybridized carbons (Fsp3) is 0.714. The Morgan fingerprint density at radius 1 is 1.67 bits per heavy atom. The van der Waals surface area contributed by atoms with Crippen LogP contribution < -0.4 is 5.73 Å². The summed E-state index contributed by atoms with van der Waals surface area (Å²) >= 11 is 0. The molecule has 70 valence electrons. The molecule has 0 saturated heterocycles. The molecule has 5 nitrogen and oxygen atoms in total. The zero-order chi connectivity index (χ0) is 9.56. The summed E-state index contributed by atoms with van der Waals surface area (Å²) in [5.41, 5.74) is 5.24. The Labute approximate surface area is 71.8 Å². The van der Waals surface area contributed by atoms with Gasteiger partial charge in [-0.25, -0.2) is 0 Å². The van der Waals surface area contributed by atoms with E-state index in [1.807, 2.05) is 6.92 Å². The van der Waals surface area contributed by atoms with Crippen molar-refractivity contribution in [3.63, 3.8) is 0 Å². The normalized spacial score (nSPS) is 11.3. The van der Waals surface area contributed by atoms with Crippen LogP contribution in [0.15, 0.2) is 5.16 Å². The largest absolute Gasteiger partial charge is 0.409 e. The van der Waals surface area contributed by atoms with Gasteiger partial charge in [-0.05, 0) is 6.92 Å². The fourth-order valence-electron chi connectivity index (χ4n) is 0.838. The first-order chi connectivity index (χ1) is 5.61. The third-order valence-electron chi connectivity index (χ3n) is 1.59. The van der Waals surface area contributed by atoms with Gasteiger partial charge in [-0.3, -0.25) is 4.79 Å². The number of nitrogens with zero attached hydrogens (tertiary/aromatic N) is 2. The predicted molar refractivity (Wildman–Crippen MR) is 46.0 cm³/mol. The van der Waals surface area contributed by atoms with Crippen molar-refractivity contribution in [2.24, 2.45) is 10.9 Å². The Morgan fingerprint density at radius 2 is 2.25 bits per heavy atom. The van der Waals surface area contributed by atoms with Crippen molar-refractivity contribution in [3.05, 3.63) is 0 Å². The van der Waals surface area contributed by atoms with Crippen LogP contribution in [0.2, 0.25) is 0 Å². The summed E-state index contributed by atoms with van der Waals surface area (Å²) in [6.45, 7) is 4.53. The van der Waals surface area contributed by atoms with Crippen molar-refractivity contribution in [1.29, 1.82) is 0 Å². The maximum atomic E-state index is 10.9. The third-order valence-corrected chi connectivity index (χ3v) is 1.59. The van der Waals surface area contributed by atoms with Crippen LogP contribution >= 0.6 is 0 Å². The molecule has 0 spiro atoms. The molecule has 0 bridgehead atoms. The zero-order valence-corrected chi connectivity index (χ0v) is 7.45. The first-order valence-electron chi connectivity index (χ1n) is 3.83. The first kappa shape index (κ1) is 10.7. The highest BCUT2D eigenvalue weighted by Gasteiger charge is 2.05. The number of nitrogens with two attached hydrogens (primary N) is 1. The Balaban J connectivity index is 3.81. The number of oxime groups is 1. The standard InChI is InChI=1S/C7H15N3O2/c1-3-10(6(2)11)5-4-7(8)9-12/h12H,3-5H2,1-2H3,(H2,8,9). The van der Waals surface area contributed by atoms with Crippen molar-refractivity contribution in [2.75, 3.05) is 13.1 Å². The molecule has 0 aromatic carbocycles. The Morgan fingerprint density at radius 3 is 2.58 bits per heavy atom.